The fourth-order valence-electron chi connectivity index (χ4n) is 3.88. The number of amides is 1. The molecule has 1 saturated heterocycles. The quantitative estimate of drug-likeness (QED) is 0.819. The van der Waals surface area contributed by atoms with Gasteiger partial charge in [-0.25, -0.2) is 0 Å². The third-order valence-electron chi connectivity index (χ3n) is 5.34. The number of aryl methyl sites for hydroxylation is 1. The molecule has 1 atom stereocenters. The van der Waals surface area contributed by atoms with Crippen molar-refractivity contribution in [3.05, 3.63) is 35.4 Å². The summed E-state index contributed by atoms with van der Waals surface area (Å²) in [5.41, 5.74) is 2.52. The van der Waals surface area contributed by atoms with E-state index in [4.69, 9.17) is 4.74 Å². The highest BCUT2D eigenvalue weighted by atomic mass is 16.5. The molecule has 0 unspecified atom stereocenters. The van der Waals surface area contributed by atoms with Crippen molar-refractivity contribution in [2.24, 2.45) is 5.92 Å². The number of carbonyl (C=O) groups excluding carboxylic acids is 1. The molecule has 3 rings (SSSR count). The number of hydrogen-bond donors (Lipinski definition) is 0. The Balaban J connectivity index is 1.71. The van der Waals surface area contributed by atoms with Gasteiger partial charge in [-0.15, -0.1) is 0 Å². The minimum absolute atomic E-state index is 0.205. The molecule has 126 valence electrons. The molecule has 1 aromatic rings. The first kappa shape index (κ1) is 16.5. The first-order chi connectivity index (χ1) is 11.2. The van der Waals surface area contributed by atoms with Crippen LogP contribution in [-0.4, -0.2) is 30.1 Å². The van der Waals surface area contributed by atoms with Crippen molar-refractivity contribution in [2.45, 2.75) is 64.5 Å². The topological polar surface area (TPSA) is 29.5 Å². The molecule has 2 fully saturated rings. The maximum Gasteiger partial charge on any atom is 0.252 e. The third kappa shape index (κ3) is 4.35. The second kappa shape index (κ2) is 7.96. The summed E-state index contributed by atoms with van der Waals surface area (Å²) in [6.45, 7) is 4.48. The number of benzene rings is 1. The molecule has 2 aliphatic rings. The Kier molecular flexibility index (Phi) is 5.71. The van der Waals surface area contributed by atoms with Gasteiger partial charge in [-0.2, -0.15) is 0 Å². The smallest absolute Gasteiger partial charge is 0.252 e. The Morgan fingerprint density at radius 3 is 2.61 bits per heavy atom. The summed E-state index contributed by atoms with van der Waals surface area (Å²) < 4.78 is 5.66. The zero-order valence-electron chi connectivity index (χ0n) is 14.3. The lowest BCUT2D eigenvalue weighted by atomic mass is 9.88. The van der Waals surface area contributed by atoms with Crippen molar-refractivity contribution < 1.29 is 9.53 Å². The van der Waals surface area contributed by atoms with Crippen LogP contribution in [0.3, 0.4) is 0 Å². The number of nitrogens with zero attached hydrogens (tertiary/aromatic N) is 1. The standard InChI is InChI=1S/C20H29NO2/c1-16-8-5-6-11-18(16)15-21(14-17-9-3-2-4-10-17)20(22)19-12-7-13-23-19/h5-6,8,11,17,19H,2-4,7,9-10,12-15H2,1H3/t19-/m0/s1. The molecular weight excluding hydrogens is 286 g/mol. The highest BCUT2D eigenvalue weighted by molar-refractivity contribution is 5.81. The van der Waals surface area contributed by atoms with Crippen LogP contribution in [0, 0.1) is 12.8 Å². The first-order valence-corrected chi connectivity index (χ1v) is 9.19. The first-order valence-electron chi connectivity index (χ1n) is 9.19. The van der Waals surface area contributed by atoms with Crippen LogP contribution in [0.5, 0.6) is 0 Å². The van der Waals surface area contributed by atoms with Gasteiger partial charge in [0, 0.05) is 19.7 Å². The van der Waals surface area contributed by atoms with Crippen LogP contribution in [0.15, 0.2) is 24.3 Å². The Morgan fingerprint density at radius 2 is 1.91 bits per heavy atom. The van der Waals surface area contributed by atoms with E-state index in [0.29, 0.717) is 5.92 Å². The van der Waals surface area contributed by atoms with E-state index in [2.05, 4.69) is 36.1 Å². The summed E-state index contributed by atoms with van der Waals surface area (Å²) in [4.78, 5) is 15.0. The maximum absolute atomic E-state index is 12.9. The van der Waals surface area contributed by atoms with Crippen molar-refractivity contribution in [1.29, 1.82) is 0 Å². The summed E-state index contributed by atoms with van der Waals surface area (Å²) in [5, 5.41) is 0. The van der Waals surface area contributed by atoms with E-state index >= 15 is 0 Å². The van der Waals surface area contributed by atoms with Gasteiger partial charge in [0.1, 0.15) is 6.10 Å². The summed E-state index contributed by atoms with van der Waals surface area (Å²) in [6.07, 6.45) is 8.21. The molecule has 3 nitrogen and oxygen atoms in total. The average molecular weight is 315 g/mol. The Labute approximate surface area is 140 Å². The van der Waals surface area contributed by atoms with E-state index < -0.39 is 0 Å². The van der Waals surface area contributed by atoms with E-state index in [-0.39, 0.29) is 12.0 Å². The zero-order valence-corrected chi connectivity index (χ0v) is 14.3. The van der Waals surface area contributed by atoms with Crippen molar-refractivity contribution >= 4 is 5.91 Å². The summed E-state index contributed by atoms with van der Waals surface area (Å²) >= 11 is 0. The van der Waals surface area contributed by atoms with Gasteiger partial charge < -0.3 is 9.64 Å². The van der Waals surface area contributed by atoms with E-state index in [1.165, 1.54) is 43.2 Å². The van der Waals surface area contributed by atoms with Crippen molar-refractivity contribution in [3.63, 3.8) is 0 Å². The zero-order chi connectivity index (χ0) is 16.1. The normalized spacial score (nSPS) is 22.2. The molecule has 1 saturated carbocycles. The number of ether oxygens (including phenoxy) is 1. The predicted octanol–water partition coefficient (Wildman–Crippen LogP) is 4.08. The van der Waals surface area contributed by atoms with Crippen LogP contribution in [0.2, 0.25) is 0 Å². The van der Waals surface area contributed by atoms with Crippen LogP contribution in [0.25, 0.3) is 0 Å². The van der Waals surface area contributed by atoms with E-state index in [0.717, 1.165) is 32.5 Å². The summed E-state index contributed by atoms with van der Waals surface area (Å²) in [7, 11) is 0. The lowest BCUT2D eigenvalue weighted by Gasteiger charge is -2.31. The monoisotopic (exact) mass is 315 g/mol. The number of hydrogen-bond acceptors (Lipinski definition) is 2. The Morgan fingerprint density at radius 1 is 1.13 bits per heavy atom. The van der Waals surface area contributed by atoms with Gasteiger partial charge >= 0.3 is 0 Å². The molecule has 1 aliphatic carbocycles. The highest BCUT2D eigenvalue weighted by Crippen LogP contribution is 2.26. The minimum Gasteiger partial charge on any atom is -0.368 e. The molecule has 1 aromatic carbocycles. The summed E-state index contributed by atoms with van der Waals surface area (Å²) in [5.74, 6) is 0.870. The van der Waals surface area contributed by atoms with Gasteiger partial charge in [-0.1, -0.05) is 43.5 Å². The molecule has 0 N–H and O–H groups in total. The molecule has 0 aromatic heterocycles. The lowest BCUT2D eigenvalue weighted by Crippen LogP contribution is -2.41. The van der Waals surface area contributed by atoms with Gasteiger partial charge in [0.15, 0.2) is 0 Å². The van der Waals surface area contributed by atoms with Gasteiger partial charge in [0.25, 0.3) is 5.91 Å². The fourth-order valence-corrected chi connectivity index (χ4v) is 3.88. The Bertz CT molecular complexity index is 516. The van der Waals surface area contributed by atoms with Crippen molar-refractivity contribution in [2.75, 3.05) is 13.2 Å². The van der Waals surface area contributed by atoms with Crippen LogP contribution >= 0.6 is 0 Å². The van der Waals surface area contributed by atoms with E-state index in [1.807, 2.05) is 0 Å². The minimum atomic E-state index is -0.206. The fraction of sp³-hybridized carbons (Fsp3) is 0.650. The summed E-state index contributed by atoms with van der Waals surface area (Å²) in [6, 6.07) is 8.40. The number of rotatable bonds is 5. The SMILES string of the molecule is Cc1ccccc1CN(CC1CCCCC1)C(=O)[C@@H]1CCCO1. The average Bonchev–Trinajstić information content (AvgIpc) is 3.11. The number of carbonyl (C=O) groups is 1. The third-order valence-corrected chi connectivity index (χ3v) is 5.34. The van der Waals surface area contributed by atoms with Gasteiger partial charge in [0.2, 0.25) is 0 Å². The maximum atomic E-state index is 12.9. The van der Waals surface area contributed by atoms with Crippen molar-refractivity contribution in [3.8, 4) is 0 Å². The molecule has 0 spiro atoms. The molecule has 1 heterocycles. The molecular formula is C20H29NO2. The van der Waals surface area contributed by atoms with Crippen LogP contribution < -0.4 is 0 Å². The second-order valence-electron chi connectivity index (χ2n) is 7.15. The largest absolute Gasteiger partial charge is 0.368 e. The molecule has 3 heteroatoms. The van der Waals surface area contributed by atoms with Crippen molar-refractivity contribution in [1.82, 2.24) is 4.90 Å². The van der Waals surface area contributed by atoms with Crippen LogP contribution in [0.1, 0.15) is 56.1 Å². The molecule has 1 amide bonds. The Hall–Kier alpha value is -1.35. The van der Waals surface area contributed by atoms with E-state index in [9.17, 15) is 4.79 Å². The van der Waals surface area contributed by atoms with Gasteiger partial charge in [0.05, 0.1) is 0 Å². The van der Waals surface area contributed by atoms with Crippen LogP contribution in [0.4, 0.5) is 0 Å². The highest BCUT2D eigenvalue weighted by Gasteiger charge is 2.30. The van der Waals surface area contributed by atoms with E-state index in [1.54, 1.807) is 0 Å². The lowest BCUT2D eigenvalue weighted by molar-refractivity contribution is -0.142. The van der Waals surface area contributed by atoms with Gasteiger partial charge in [-0.3, -0.25) is 4.79 Å². The van der Waals surface area contributed by atoms with Crippen LogP contribution in [-0.2, 0) is 16.1 Å². The molecule has 1 aliphatic heterocycles. The molecule has 0 bridgehead atoms. The second-order valence-corrected chi connectivity index (χ2v) is 7.15. The van der Waals surface area contributed by atoms with Gasteiger partial charge in [-0.05, 0) is 49.7 Å². The molecule has 23 heavy (non-hydrogen) atoms. The molecule has 0 radical (unpaired) electrons. The predicted molar refractivity (Wildman–Crippen MR) is 92.1 cm³/mol.